The highest BCUT2D eigenvalue weighted by Gasteiger charge is 2.17. The Labute approximate surface area is 122 Å². The van der Waals surface area contributed by atoms with E-state index in [9.17, 15) is 19.1 Å². The average Bonchev–Trinajstić information content (AvgIpc) is 2.39. The van der Waals surface area contributed by atoms with Crippen molar-refractivity contribution < 1.29 is 19.1 Å². The van der Waals surface area contributed by atoms with Gasteiger partial charge in [0.2, 0.25) is 0 Å². The highest BCUT2D eigenvalue weighted by atomic mass is 19.1. The van der Waals surface area contributed by atoms with E-state index in [1.54, 1.807) is 32.0 Å². The van der Waals surface area contributed by atoms with Crippen LogP contribution in [-0.4, -0.2) is 55.1 Å². The number of likely N-dealkylation sites (N-methyl/N-ethyl adjacent to an activating group) is 1. The maximum Gasteiger partial charge on any atom is 0.313 e. The fourth-order valence-electron chi connectivity index (χ4n) is 1.69. The second-order valence-electron chi connectivity index (χ2n) is 5.06. The van der Waals surface area contributed by atoms with Crippen LogP contribution in [0.1, 0.15) is 5.56 Å². The van der Waals surface area contributed by atoms with Gasteiger partial charge >= 0.3 is 11.8 Å². The van der Waals surface area contributed by atoms with E-state index in [1.807, 2.05) is 0 Å². The molecule has 0 aliphatic rings. The van der Waals surface area contributed by atoms with Crippen molar-refractivity contribution in [3.63, 3.8) is 0 Å². The van der Waals surface area contributed by atoms with Gasteiger partial charge in [-0.15, -0.1) is 0 Å². The molecule has 1 rings (SSSR count). The van der Waals surface area contributed by atoms with E-state index in [4.69, 9.17) is 0 Å². The second-order valence-corrected chi connectivity index (χ2v) is 5.06. The van der Waals surface area contributed by atoms with E-state index in [1.165, 1.54) is 12.1 Å². The molecule has 1 aromatic carbocycles. The number of anilines is 1. The number of amides is 2. The molecule has 0 spiro atoms. The van der Waals surface area contributed by atoms with Gasteiger partial charge in [-0.25, -0.2) is 4.39 Å². The van der Waals surface area contributed by atoms with Crippen LogP contribution in [0, 0.1) is 12.7 Å². The van der Waals surface area contributed by atoms with Crippen LogP contribution in [0.2, 0.25) is 0 Å². The lowest BCUT2D eigenvalue weighted by atomic mass is 10.2. The van der Waals surface area contributed by atoms with E-state index in [-0.39, 0.29) is 12.2 Å². The van der Waals surface area contributed by atoms with Crippen molar-refractivity contribution in [1.29, 1.82) is 0 Å². The summed E-state index contributed by atoms with van der Waals surface area (Å²) in [6.07, 6.45) is -0.785. The minimum atomic E-state index is -0.975. The van der Waals surface area contributed by atoms with Crippen LogP contribution in [0.5, 0.6) is 0 Å². The fourth-order valence-corrected chi connectivity index (χ4v) is 1.69. The van der Waals surface area contributed by atoms with E-state index < -0.39 is 23.7 Å². The van der Waals surface area contributed by atoms with Gasteiger partial charge in [0, 0.05) is 13.1 Å². The van der Waals surface area contributed by atoms with Gasteiger partial charge in [0.05, 0.1) is 11.8 Å². The van der Waals surface area contributed by atoms with Crippen molar-refractivity contribution in [3.05, 3.63) is 29.6 Å². The number of halogens is 1. The van der Waals surface area contributed by atoms with Gasteiger partial charge in [-0.2, -0.15) is 0 Å². The monoisotopic (exact) mass is 297 g/mol. The first-order valence-corrected chi connectivity index (χ1v) is 6.47. The van der Waals surface area contributed by atoms with Crippen LogP contribution in [0.3, 0.4) is 0 Å². The largest absolute Gasteiger partial charge is 0.390 e. The van der Waals surface area contributed by atoms with Crippen LogP contribution >= 0.6 is 0 Å². The van der Waals surface area contributed by atoms with Gasteiger partial charge in [0.15, 0.2) is 0 Å². The Morgan fingerprint density at radius 2 is 2.00 bits per heavy atom. The number of carbonyl (C=O) groups is 2. The van der Waals surface area contributed by atoms with Crippen molar-refractivity contribution in [2.45, 2.75) is 13.0 Å². The summed E-state index contributed by atoms with van der Waals surface area (Å²) in [6.45, 7) is 2.04. The summed E-state index contributed by atoms with van der Waals surface area (Å²) in [7, 11) is 3.55. The summed E-state index contributed by atoms with van der Waals surface area (Å²) in [5, 5.41) is 14.1. The van der Waals surface area contributed by atoms with E-state index in [2.05, 4.69) is 10.6 Å². The molecule has 7 heteroatoms. The third-order valence-electron chi connectivity index (χ3n) is 2.65. The zero-order valence-corrected chi connectivity index (χ0v) is 12.3. The SMILES string of the molecule is Cc1ccc(F)c(NC(=O)C(=O)NCC(O)CN(C)C)c1. The molecular weight excluding hydrogens is 277 g/mol. The molecule has 0 bridgehead atoms. The summed E-state index contributed by atoms with van der Waals surface area (Å²) in [5.41, 5.74) is 0.706. The van der Waals surface area contributed by atoms with Crippen molar-refractivity contribution in [2.24, 2.45) is 0 Å². The van der Waals surface area contributed by atoms with Crippen LogP contribution in [-0.2, 0) is 9.59 Å². The van der Waals surface area contributed by atoms with Crippen LogP contribution in [0.25, 0.3) is 0 Å². The average molecular weight is 297 g/mol. The molecular formula is C14H20FN3O3. The van der Waals surface area contributed by atoms with Crippen LogP contribution in [0.15, 0.2) is 18.2 Å². The Hall–Kier alpha value is -1.99. The summed E-state index contributed by atoms with van der Waals surface area (Å²) in [5.74, 6) is -2.51. The standard InChI is InChI=1S/C14H20FN3O3/c1-9-4-5-11(15)12(6-9)17-14(21)13(20)16-7-10(19)8-18(2)3/h4-6,10,19H,7-8H2,1-3H3,(H,16,20)(H,17,21). The molecule has 3 N–H and O–H groups in total. The number of benzene rings is 1. The number of carbonyl (C=O) groups excluding carboxylic acids is 2. The molecule has 6 nitrogen and oxygen atoms in total. The predicted molar refractivity (Wildman–Crippen MR) is 77.3 cm³/mol. The van der Waals surface area contributed by atoms with Crippen molar-refractivity contribution in [1.82, 2.24) is 10.2 Å². The normalized spacial score (nSPS) is 12.1. The lowest BCUT2D eigenvalue weighted by Crippen LogP contribution is -2.42. The highest BCUT2D eigenvalue weighted by Crippen LogP contribution is 2.15. The van der Waals surface area contributed by atoms with Crippen LogP contribution < -0.4 is 10.6 Å². The molecule has 0 heterocycles. The van der Waals surface area contributed by atoms with Gasteiger partial charge in [-0.1, -0.05) is 6.07 Å². The molecule has 1 unspecified atom stereocenters. The molecule has 0 fully saturated rings. The molecule has 1 atom stereocenters. The number of rotatable bonds is 5. The number of hydrogen-bond acceptors (Lipinski definition) is 4. The Morgan fingerprint density at radius 3 is 2.62 bits per heavy atom. The van der Waals surface area contributed by atoms with Crippen molar-refractivity contribution >= 4 is 17.5 Å². The molecule has 1 aromatic rings. The van der Waals surface area contributed by atoms with E-state index >= 15 is 0 Å². The Balaban J connectivity index is 2.51. The maximum absolute atomic E-state index is 13.5. The lowest BCUT2D eigenvalue weighted by molar-refractivity contribution is -0.136. The molecule has 0 saturated heterocycles. The number of aliphatic hydroxyl groups excluding tert-OH is 1. The zero-order valence-electron chi connectivity index (χ0n) is 12.3. The number of hydrogen-bond donors (Lipinski definition) is 3. The minimum Gasteiger partial charge on any atom is -0.390 e. The first-order valence-electron chi connectivity index (χ1n) is 6.47. The predicted octanol–water partition coefficient (Wildman–Crippen LogP) is 0.111. The fraction of sp³-hybridized carbons (Fsp3) is 0.429. The minimum absolute atomic E-state index is 0.0519. The van der Waals surface area contributed by atoms with Crippen LogP contribution in [0.4, 0.5) is 10.1 Å². The molecule has 0 aromatic heterocycles. The summed E-state index contributed by atoms with van der Waals surface area (Å²) < 4.78 is 13.5. The summed E-state index contributed by atoms with van der Waals surface area (Å²) in [4.78, 5) is 24.9. The first kappa shape index (κ1) is 17.1. The molecule has 0 saturated carbocycles. The molecule has 2 amide bonds. The van der Waals surface area contributed by atoms with Gasteiger partial charge in [-0.3, -0.25) is 9.59 Å². The number of aryl methyl sites for hydroxylation is 1. The first-order chi connectivity index (χ1) is 9.79. The number of aliphatic hydroxyl groups is 1. The topological polar surface area (TPSA) is 81.7 Å². The van der Waals surface area contributed by atoms with Crippen molar-refractivity contribution in [3.8, 4) is 0 Å². The quantitative estimate of drug-likeness (QED) is 0.674. The Kier molecular flexibility index (Phi) is 6.26. The Morgan fingerprint density at radius 1 is 1.33 bits per heavy atom. The molecule has 0 radical (unpaired) electrons. The smallest absolute Gasteiger partial charge is 0.313 e. The number of nitrogens with one attached hydrogen (secondary N) is 2. The number of nitrogens with zero attached hydrogens (tertiary/aromatic N) is 1. The van der Waals surface area contributed by atoms with Crippen molar-refractivity contribution in [2.75, 3.05) is 32.5 Å². The van der Waals surface area contributed by atoms with Gasteiger partial charge in [-0.05, 0) is 38.7 Å². The van der Waals surface area contributed by atoms with E-state index in [0.29, 0.717) is 6.54 Å². The van der Waals surface area contributed by atoms with Gasteiger partial charge < -0.3 is 20.6 Å². The highest BCUT2D eigenvalue weighted by molar-refractivity contribution is 6.39. The molecule has 21 heavy (non-hydrogen) atoms. The third-order valence-corrected chi connectivity index (χ3v) is 2.65. The third kappa shape index (κ3) is 5.88. The Bertz CT molecular complexity index is 520. The molecule has 0 aliphatic carbocycles. The maximum atomic E-state index is 13.5. The lowest BCUT2D eigenvalue weighted by Gasteiger charge is -2.16. The zero-order chi connectivity index (χ0) is 16.0. The summed E-state index contributed by atoms with van der Waals surface area (Å²) in [6, 6.07) is 4.20. The second kappa shape index (κ2) is 7.70. The molecule has 116 valence electrons. The summed E-state index contributed by atoms with van der Waals surface area (Å²) >= 11 is 0. The van der Waals surface area contributed by atoms with Gasteiger partial charge in [0.25, 0.3) is 0 Å². The van der Waals surface area contributed by atoms with E-state index in [0.717, 1.165) is 5.56 Å². The van der Waals surface area contributed by atoms with Gasteiger partial charge in [0.1, 0.15) is 5.82 Å². The molecule has 0 aliphatic heterocycles.